The number of aromatic nitrogens is 2. The first-order chi connectivity index (χ1) is 5.05. The molecule has 62 valence electrons. The van der Waals surface area contributed by atoms with Crippen molar-refractivity contribution < 1.29 is 8.42 Å². The molecule has 0 amide bonds. The summed E-state index contributed by atoms with van der Waals surface area (Å²) in [5.41, 5.74) is 1.39. The normalized spacial score (nSPS) is 12.3. The van der Waals surface area contributed by atoms with E-state index in [4.69, 9.17) is 0 Å². The topological polar surface area (TPSA) is 63.2 Å². The summed E-state index contributed by atoms with van der Waals surface area (Å²) in [6.07, 6.45) is 0. The second kappa shape index (κ2) is 2.84. The predicted octanol–water partition coefficient (Wildman–Crippen LogP) is -0.212. The molecule has 0 spiro atoms. The lowest BCUT2D eigenvalue weighted by molar-refractivity contribution is 0.519. The molecule has 0 fully saturated rings. The van der Waals surface area contributed by atoms with Crippen LogP contribution in [0.1, 0.15) is 0 Å². The summed E-state index contributed by atoms with van der Waals surface area (Å²) in [6.45, 7) is 0. The first-order valence-electron chi connectivity index (χ1n) is 2.74. The summed E-state index contributed by atoms with van der Waals surface area (Å²) < 4.78 is 23.6. The lowest BCUT2D eigenvalue weighted by Crippen LogP contribution is -2.21. The molecule has 5 nitrogen and oxygen atoms in total. The van der Waals surface area contributed by atoms with Gasteiger partial charge >= 0.3 is 0 Å². The molecule has 0 saturated carbocycles. The van der Waals surface area contributed by atoms with Gasteiger partial charge in [-0.15, -0.1) is 10.2 Å². The van der Waals surface area contributed by atoms with Gasteiger partial charge in [-0.05, 0) is 0 Å². The maximum Gasteiger partial charge on any atom is 0.271 e. The Labute approximate surface area is 68.7 Å². The molecule has 11 heavy (non-hydrogen) atoms. The van der Waals surface area contributed by atoms with Crippen LogP contribution in [0.3, 0.4) is 0 Å². The van der Waals surface area contributed by atoms with E-state index in [1.807, 2.05) is 0 Å². The Morgan fingerprint density at radius 1 is 1.55 bits per heavy atom. The third kappa shape index (κ3) is 1.55. The van der Waals surface area contributed by atoms with Crippen molar-refractivity contribution in [2.75, 3.05) is 14.1 Å². The Morgan fingerprint density at radius 2 is 2.18 bits per heavy atom. The Morgan fingerprint density at radius 3 is 2.55 bits per heavy atom. The van der Waals surface area contributed by atoms with Crippen molar-refractivity contribution in [1.29, 1.82) is 0 Å². The molecule has 0 aromatic carbocycles. The van der Waals surface area contributed by atoms with Crippen molar-refractivity contribution >= 4 is 21.4 Å². The first-order valence-corrected chi connectivity index (χ1v) is 5.06. The highest BCUT2D eigenvalue weighted by Crippen LogP contribution is 2.12. The lowest BCUT2D eigenvalue weighted by atomic mass is 11.3. The molecule has 0 N–H and O–H groups in total. The maximum absolute atomic E-state index is 11.2. The van der Waals surface area contributed by atoms with Gasteiger partial charge in [0.1, 0.15) is 5.51 Å². The summed E-state index contributed by atoms with van der Waals surface area (Å²) in [5.74, 6) is 0. The largest absolute Gasteiger partial charge is 0.271 e. The molecule has 1 aromatic heterocycles. The van der Waals surface area contributed by atoms with Crippen LogP contribution in [0.2, 0.25) is 0 Å². The van der Waals surface area contributed by atoms with Crippen LogP contribution in [-0.2, 0) is 10.0 Å². The highest BCUT2D eigenvalue weighted by Gasteiger charge is 2.20. The summed E-state index contributed by atoms with van der Waals surface area (Å²) >= 11 is 1.01. The van der Waals surface area contributed by atoms with Gasteiger partial charge in [0.25, 0.3) is 10.0 Å². The third-order valence-corrected chi connectivity index (χ3v) is 3.93. The lowest BCUT2D eigenvalue weighted by Gasteiger charge is -2.06. The molecule has 1 heterocycles. The van der Waals surface area contributed by atoms with Gasteiger partial charge in [-0.1, -0.05) is 11.3 Å². The van der Waals surface area contributed by atoms with E-state index in [1.165, 1.54) is 19.6 Å². The van der Waals surface area contributed by atoms with E-state index in [0.717, 1.165) is 15.6 Å². The van der Waals surface area contributed by atoms with E-state index in [1.54, 1.807) is 0 Å². The van der Waals surface area contributed by atoms with Crippen molar-refractivity contribution in [3.63, 3.8) is 0 Å². The fourth-order valence-electron chi connectivity index (χ4n) is 0.432. The first kappa shape index (κ1) is 8.57. The zero-order chi connectivity index (χ0) is 8.48. The van der Waals surface area contributed by atoms with Gasteiger partial charge in [0.2, 0.25) is 4.34 Å². The molecule has 0 atom stereocenters. The molecule has 0 radical (unpaired) electrons. The SMILES string of the molecule is CN(C)S(=O)(=O)c1nncs1. The fourth-order valence-corrected chi connectivity index (χ4v) is 2.24. The van der Waals surface area contributed by atoms with E-state index in [9.17, 15) is 8.42 Å². The summed E-state index contributed by atoms with van der Waals surface area (Å²) in [6, 6.07) is 0. The van der Waals surface area contributed by atoms with Crippen LogP contribution < -0.4 is 0 Å². The number of sulfonamides is 1. The molecule has 7 heteroatoms. The zero-order valence-electron chi connectivity index (χ0n) is 6.05. The minimum Gasteiger partial charge on any atom is -0.204 e. The van der Waals surface area contributed by atoms with E-state index in [-0.39, 0.29) is 4.34 Å². The van der Waals surface area contributed by atoms with Crippen LogP contribution in [0.5, 0.6) is 0 Å². The van der Waals surface area contributed by atoms with E-state index >= 15 is 0 Å². The monoisotopic (exact) mass is 193 g/mol. The van der Waals surface area contributed by atoms with Gasteiger partial charge < -0.3 is 0 Å². The zero-order valence-corrected chi connectivity index (χ0v) is 7.68. The predicted molar refractivity (Wildman–Crippen MR) is 40.8 cm³/mol. The minimum absolute atomic E-state index is 0.0301. The van der Waals surface area contributed by atoms with Gasteiger partial charge in [0.15, 0.2) is 0 Å². The molecule has 0 unspecified atom stereocenters. The Kier molecular flexibility index (Phi) is 2.21. The van der Waals surface area contributed by atoms with Crippen molar-refractivity contribution in [2.24, 2.45) is 0 Å². The van der Waals surface area contributed by atoms with Crippen LogP contribution in [0, 0.1) is 0 Å². The number of rotatable bonds is 2. The summed E-state index contributed by atoms with van der Waals surface area (Å²) in [4.78, 5) is 0. The van der Waals surface area contributed by atoms with Crippen LogP contribution in [0.15, 0.2) is 9.85 Å². The molecular weight excluding hydrogens is 186 g/mol. The van der Waals surface area contributed by atoms with Gasteiger partial charge in [0, 0.05) is 14.1 Å². The Balaban J connectivity index is 3.12. The summed E-state index contributed by atoms with van der Waals surface area (Å²) in [5, 5.41) is 6.88. The van der Waals surface area contributed by atoms with Crippen molar-refractivity contribution in [2.45, 2.75) is 4.34 Å². The Hall–Kier alpha value is -0.530. The van der Waals surface area contributed by atoms with E-state index < -0.39 is 10.0 Å². The maximum atomic E-state index is 11.2. The molecule has 1 rings (SSSR count). The minimum atomic E-state index is -3.36. The van der Waals surface area contributed by atoms with Gasteiger partial charge in [0.05, 0.1) is 0 Å². The second-order valence-corrected chi connectivity index (χ2v) is 5.15. The number of nitrogens with zero attached hydrogens (tertiary/aromatic N) is 3. The third-order valence-electron chi connectivity index (χ3n) is 1.04. The standard InChI is InChI=1S/C4H7N3O2S2/c1-7(2)11(8,9)4-6-5-3-10-4/h3H,1-2H3. The van der Waals surface area contributed by atoms with Crippen LogP contribution in [0.4, 0.5) is 0 Å². The van der Waals surface area contributed by atoms with Crippen molar-refractivity contribution in [3.05, 3.63) is 5.51 Å². The average Bonchev–Trinajstić information content (AvgIpc) is 2.37. The highest BCUT2D eigenvalue weighted by molar-refractivity contribution is 7.91. The van der Waals surface area contributed by atoms with E-state index in [2.05, 4.69) is 10.2 Å². The number of hydrogen-bond donors (Lipinski definition) is 0. The number of hydrogen-bond acceptors (Lipinski definition) is 5. The second-order valence-electron chi connectivity index (χ2n) is 1.99. The molecule has 0 bridgehead atoms. The quantitative estimate of drug-likeness (QED) is 0.652. The molecule has 0 aliphatic rings. The van der Waals surface area contributed by atoms with Gasteiger partial charge in [-0.25, -0.2) is 12.7 Å². The van der Waals surface area contributed by atoms with Crippen molar-refractivity contribution in [3.8, 4) is 0 Å². The average molecular weight is 193 g/mol. The Bertz CT molecular complexity index is 315. The molecule has 0 aliphatic heterocycles. The highest BCUT2D eigenvalue weighted by atomic mass is 32.2. The van der Waals surface area contributed by atoms with Gasteiger partial charge in [-0.3, -0.25) is 0 Å². The van der Waals surface area contributed by atoms with E-state index in [0.29, 0.717) is 0 Å². The van der Waals surface area contributed by atoms with Gasteiger partial charge in [-0.2, -0.15) is 0 Å². The molecule has 0 aliphatic carbocycles. The molecule has 1 aromatic rings. The molecule has 0 saturated heterocycles. The van der Waals surface area contributed by atoms with Crippen LogP contribution in [0.25, 0.3) is 0 Å². The summed E-state index contributed by atoms with van der Waals surface area (Å²) in [7, 11) is -0.445. The van der Waals surface area contributed by atoms with Crippen molar-refractivity contribution in [1.82, 2.24) is 14.5 Å². The van der Waals surface area contributed by atoms with Crippen LogP contribution >= 0.6 is 11.3 Å². The van der Waals surface area contributed by atoms with Crippen LogP contribution in [-0.4, -0.2) is 37.0 Å². The smallest absolute Gasteiger partial charge is 0.204 e. The fraction of sp³-hybridized carbons (Fsp3) is 0.500. The molecular formula is C4H7N3O2S2.